The molecule has 3 N–H and O–H groups in total. The lowest BCUT2D eigenvalue weighted by atomic mass is 10.0. The Balaban J connectivity index is 2.66. The van der Waals surface area contributed by atoms with Crippen LogP contribution < -0.4 is 11.1 Å². The molecule has 0 radical (unpaired) electrons. The maximum Gasteiger partial charge on any atom is 0.255 e. The smallest absolute Gasteiger partial charge is 0.255 e. The predicted molar refractivity (Wildman–Crippen MR) is 85.2 cm³/mol. The Kier molecular flexibility index (Phi) is 6.88. The van der Waals surface area contributed by atoms with E-state index in [4.69, 9.17) is 5.73 Å². The molecule has 5 nitrogen and oxygen atoms in total. The van der Waals surface area contributed by atoms with Gasteiger partial charge in [0.25, 0.3) is 5.91 Å². The van der Waals surface area contributed by atoms with Crippen molar-refractivity contribution in [2.75, 3.05) is 26.0 Å². The van der Waals surface area contributed by atoms with Crippen molar-refractivity contribution < 1.29 is 9.59 Å². The van der Waals surface area contributed by atoms with Crippen molar-refractivity contribution in [3.05, 3.63) is 29.8 Å². The Bertz CT molecular complexity index is 486. The minimum absolute atomic E-state index is 0.0714. The predicted octanol–water partition coefficient (Wildman–Crippen LogP) is 2.09. The van der Waals surface area contributed by atoms with Crippen LogP contribution in [0.1, 0.15) is 36.5 Å². The van der Waals surface area contributed by atoms with E-state index in [-0.39, 0.29) is 11.8 Å². The fourth-order valence-corrected chi connectivity index (χ4v) is 2.04. The highest BCUT2D eigenvalue weighted by Crippen LogP contribution is 2.17. The first-order valence-corrected chi connectivity index (χ1v) is 7.26. The number of carbonyl (C=O) groups excluding carboxylic acids is 2. The molecule has 0 saturated carbocycles. The van der Waals surface area contributed by atoms with Crippen molar-refractivity contribution in [1.29, 1.82) is 0 Å². The summed E-state index contributed by atoms with van der Waals surface area (Å²) in [6.07, 6.45) is 2.15. The van der Waals surface area contributed by atoms with E-state index in [9.17, 15) is 9.59 Å². The average molecular weight is 291 g/mol. The van der Waals surface area contributed by atoms with Crippen LogP contribution in [-0.2, 0) is 4.79 Å². The number of para-hydroxylation sites is 1. The Morgan fingerprint density at radius 3 is 2.52 bits per heavy atom. The summed E-state index contributed by atoms with van der Waals surface area (Å²) in [4.78, 5) is 25.6. The average Bonchev–Trinajstić information content (AvgIpc) is 2.45. The van der Waals surface area contributed by atoms with Gasteiger partial charge in [-0.2, -0.15) is 0 Å². The molecule has 116 valence electrons. The molecule has 0 aliphatic heterocycles. The molecule has 0 fully saturated rings. The summed E-state index contributed by atoms with van der Waals surface area (Å²) in [5.74, 6) is 0.236. The van der Waals surface area contributed by atoms with Crippen molar-refractivity contribution in [3.8, 4) is 0 Å². The summed E-state index contributed by atoms with van der Waals surface area (Å²) in [7, 11) is 3.38. The number of rotatable bonds is 7. The van der Waals surface area contributed by atoms with Crippen molar-refractivity contribution in [2.24, 2.45) is 11.7 Å². The zero-order valence-corrected chi connectivity index (χ0v) is 13.1. The molecule has 0 aliphatic carbocycles. The molecule has 0 saturated heterocycles. The first kappa shape index (κ1) is 17.2. The standard InChI is InChI=1S/C16H25N3O2/c1-12(10-11-17)8-9-15(20)18-14-7-5-4-6-13(14)16(21)19(2)3/h4-7,12H,8-11,17H2,1-3H3,(H,18,20). The molecule has 0 heterocycles. The number of carbonyl (C=O) groups is 2. The Labute approximate surface area is 126 Å². The lowest BCUT2D eigenvalue weighted by molar-refractivity contribution is -0.116. The second-order valence-electron chi connectivity index (χ2n) is 5.51. The summed E-state index contributed by atoms with van der Waals surface area (Å²) in [5.41, 5.74) is 6.57. The van der Waals surface area contributed by atoms with E-state index in [1.807, 2.05) is 0 Å². The van der Waals surface area contributed by atoms with Crippen LogP contribution in [0, 0.1) is 5.92 Å². The first-order chi connectivity index (χ1) is 9.95. The van der Waals surface area contributed by atoms with Crippen LogP contribution in [0.15, 0.2) is 24.3 Å². The van der Waals surface area contributed by atoms with E-state index in [0.717, 1.165) is 12.8 Å². The molecule has 0 aliphatic rings. The Hall–Kier alpha value is -1.88. The molecule has 1 unspecified atom stereocenters. The summed E-state index contributed by atoms with van der Waals surface area (Å²) in [6.45, 7) is 2.73. The summed E-state index contributed by atoms with van der Waals surface area (Å²) >= 11 is 0. The van der Waals surface area contributed by atoms with Crippen LogP contribution in [-0.4, -0.2) is 37.4 Å². The molecule has 1 aromatic carbocycles. The van der Waals surface area contributed by atoms with E-state index in [2.05, 4.69) is 12.2 Å². The van der Waals surface area contributed by atoms with Crippen molar-refractivity contribution >= 4 is 17.5 Å². The normalized spacial score (nSPS) is 11.8. The van der Waals surface area contributed by atoms with Gasteiger partial charge in [-0.3, -0.25) is 9.59 Å². The van der Waals surface area contributed by atoms with Gasteiger partial charge in [0.05, 0.1) is 11.3 Å². The fraction of sp³-hybridized carbons (Fsp3) is 0.500. The van der Waals surface area contributed by atoms with E-state index < -0.39 is 0 Å². The van der Waals surface area contributed by atoms with E-state index >= 15 is 0 Å². The number of nitrogens with one attached hydrogen (secondary N) is 1. The lowest BCUT2D eigenvalue weighted by Gasteiger charge is -2.15. The Morgan fingerprint density at radius 2 is 1.90 bits per heavy atom. The number of benzene rings is 1. The van der Waals surface area contributed by atoms with Gasteiger partial charge in [-0.1, -0.05) is 19.1 Å². The highest BCUT2D eigenvalue weighted by Gasteiger charge is 2.14. The van der Waals surface area contributed by atoms with Crippen LogP contribution in [0.4, 0.5) is 5.69 Å². The third kappa shape index (κ3) is 5.55. The van der Waals surface area contributed by atoms with Crippen molar-refractivity contribution in [3.63, 3.8) is 0 Å². The molecule has 21 heavy (non-hydrogen) atoms. The number of hydrogen-bond acceptors (Lipinski definition) is 3. The quantitative estimate of drug-likeness (QED) is 0.807. The number of nitrogens with zero attached hydrogens (tertiary/aromatic N) is 1. The third-order valence-corrected chi connectivity index (χ3v) is 3.36. The van der Waals surface area contributed by atoms with Gasteiger partial charge < -0.3 is 16.0 Å². The molecule has 2 amide bonds. The number of nitrogens with two attached hydrogens (primary N) is 1. The van der Waals surface area contributed by atoms with Gasteiger partial charge in [0.15, 0.2) is 0 Å². The maximum absolute atomic E-state index is 12.1. The third-order valence-electron chi connectivity index (χ3n) is 3.36. The molecular formula is C16H25N3O2. The first-order valence-electron chi connectivity index (χ1n) is 7.26. The molecule has 0 spiro atoms. The maximum atomic E-state index is 12.1. The van der Waals surface area contributed by atoms with Gasteiger partial charge in [0.2, 0.25) is 5.91 Å². The van der Waals surface area contributed by atoms with E-state index in [1.54, 1.807) is 38.4 Å². The topological polar surface area (TPSA) is 75.4 Å². The Morgan fingerprint density at radius 1 is 1.24 bits per heavy atom. The van der Waals surface area contributed by atoms with Crippen LogP contribution in [0.5, 0.6) is 0 Å². The lowest BCUT2D eigenvalue weighted by Crippen LogP contribution is -2.24. The molecule has 1 rings (SSSR count). The zero-order valence-electron chi connectivity index (χ0n) is 13.1. The summed E-state index contributed by atoms with van der Waals surface area (Å²) in [5, 5.41) is 2.83. The second-order valence-corrected chi connectivity index (χ2v) is 5.51. The molecule has 1 atom stereocenters. The van der Waals surface area contributed by atoms with E-state index in [1.165, 1.54) is 4.90 Å². The molecule has 0 bridgehead atoms. The zero-order chi connectivity index (χ0) is 15.8. The minimum atomic E-state index is -0.123. The van der Waals surface area contributed by atoms with Crippen LogP contribution in [0.3, 0.4) is 0 Å². The van der Waals surface area contributed by atoms with Gasteiger partial charge in [-0.05, 0) is 37.4 Å². The van der Waals surface area contributed by atoms with Crippen molar-refractivity contribution in [1.82, 2.24) is 4.90 Å². The van der Waals surface area contributed by atoms with Crippen LogP contribution >= 0.6 is 0 Å². The monoisotopic (exact) mass is 291 g/mol. The van der Waals surface area contributed by atoms with Gasteiger partial charge in [0.1, 0.15) is 0 Å². The highest BCUT2D eigenvalue weighted by molar-refractivity contribution is 6.03. The van der Waals surface area contributed by atoms with Crippen molar-refractivity contribution in [2.45, 2.75) is 26.2 Å². The van der Waals surface area contributed by atoms with Gasteiger partial charge in [-0.15, -0.1) is 0 Å². The summed E-state index contributed by atoms with van der Waals surface area (Å²) < 4.78 is 0. The number of amides is 2. The van der Waals surface area contributed by atoms with Gasteiger partial charge in [-0.25, -0.2) is 0 Å². The largest absolute Gasteiger partial charge is 0.345 e. The van der Waals surface area contributed by atoms with Crippen LogP contribution in [0.2, 0.25) is 0 Å². The number of anilines is 1. The molecule has 1 aromatic rings. The summed E-state index contributed by atoms with van der Waals surface area (Å²) in [6, 6.07) is 7.06. The highest BCUT2D eigenvalue weighted by atomic mass is 16.2. The van der Waals surface area contributed by atoms with Crippen LogP contribution in [0.25, 0.3) is 0 Å². The second kappa shape index (κ2) is 8.42. The molecule has 0 aromatic heterocycles. The van der Waals surface area contributed by atoms with Gasteiger partial charge >= 0.3 is 0 Å². The minimum Gasteiger partial charge on any atom is -0.345 e. The number of hydrogen-bond donors (Lipinski definition) is 2. The fourth-order valence-electron chi connectivity index (χ4n) is 2.04. The van der Waals surface area contributed by atoms with E-state index in [0.29, 0.717) is 30.1 Å². The van der Waals surface area contributed by atoms with Gasteiger partial charge in [0, 0.05) is 20.5 Å². The SMILES string of the molecule is CC(CCN)CCC(=O)Nc1ccccc1C(=O)N(C)C. The molecule has 5 heteroatoms. The molecular weight excluding hydrogens is 266 g/mol.